The molecule has 3 heterocycles. The number of nitrogens with one attached hydrogen (secondary N) is 1. The van der Waals surface area contributed by atoms with Gasteiger partial charge in [0.25, 0.3) is 10.0 Å². The first kappa shape index (κ1) is 20.9. The van der Waals surface area contributed by atoms with Crippen LogP contribution in [0.5, 0.6) is 0 Å². The highest BCUT2D eigenvalue weighted by Gasteiger charge is 2.42. The Morgan fingerprint density at radius 1 is 1.25 bits per heavy atom. The van der Waals surface area contributed by atoms with E-state index in [1.54, 1.807) is 23.9 Å². The summed E-state index contributed by atoms with van der Waals surface area (Å²) in [5, 5.41) is 3.45. The van der Waals surface area contributed by atoms with Crippen LogP contribution < -0.4 is 5.32 Å². The first-order valence-corrected chi connectivity index (χ1v) is 11.2. The third-order valence-corrected chi connectivity index (χ3v) is 6.86. The van der Waals surface area contributed by atoms with E-state index < -0.39 is 15.8 Å². The van der Waals surface area contributed by atoms with E-state index in [1.165, 1.54) is 29.3 Å². The Kier molecular flexibility index (Phi) is 6.79. The van der Waals surface area contributed by atoms with Gasteiger partial charge in [-0.1, -0.05) is 26.2 Å². The van der Waals surface area contributed by atoms with Gasteiger partial charge in [0.15, 0.2) is 5.03 Å². The van der Waals surface area contributed by atoms with Crippen LogP contribution >= 0.6 is 0 Å². The van der Waals surface area contributed by atoms with E-state index in [2.05, 4.69) is 22.2 Å². The van der Waals surface area contributed by atoms with Crippen LogP contribution in [0.15, 0.2) is 35.9 Å². The smallest absolute Gasteiger partial charge is 0.262 e. The summed E-state index contributed by atoms with van der Waals surface area (Å²) in [4.78, 5) is 8.20. The Bertz CT molecular complexity index is 886. The molecular formula is C19H28FN5O2S. The highest BCUT2D eigenvalue weighted by atomic mass is 32.2. The molecule has 2 aromatic rings. The fraction of sp³-hybridized carbons (Fsp3) is 0.579. The number of unbranched alkanes of at least 4 members (excludes halogenated alkanes) is 3. The van der Waals surface area contributed by atoms with Crippen LogP contribution in [-0.2, 0) is 17.1 Å². The van der Waals surface area contributed by atoms with E-state index in [0.29, 0.717) is 5.69 Å². The lowest BCUT2D eigenvalue weighted by molar-refractivity contribution is 0.448. The van der Waals surface area contributed by atoms with Crippen molar-refractivity contribution in [3.05, 3.63) is 42.4 Å². The number of imidazole rings is 1. The molecule has 0 bridgehead atoms. The molecule has 0 radical (unpaired) electrons. The van der Waals surface area contributed by atoms with E-state index in [4.69, 9.17) is 0 Å². The normalized spacial score (nSPS) is 20.7. The van der Waals surface area contributed by atoms with Gasteiger partial charge in [-0.2, -0.15) is 4.31 Å². The van der Waals surface area contributed by atoms with Gasteiger partial charge in [-0.3, -0.25) is 4.98 Å². The maximum Gasteiger partial charge on any atom is 0.262 e. The van der Waals surface area contributed by atoms with Crippen LogP contribution in [0.25, 0.3) is 0 Å². The second kappa shape index (κ2) is 9.11. The van der Waals surface area contributed by atoms with Crippen molar-refractivity contribution in [1.29, 1.82) is 0 Å². The Balaban J connectivity index is 1.79. The summed E-state index contributed by atoms with van der Waals surface area (Å²) in [5.41, 5.74) is 0.312. The van der Waals surface area contributed by atoms with Gasteiger partial charge in [0.1, 0.15) is 5.82 Å². The van der Waals surface area contributed by atoms with Crippen LogP contribution in [0.3, 0.4) is 0 Å². The molecule has 9 heteroatoms. The van der Waals surface area contributed by atoms with E-state index >= 15 is 0 Å². The zero-order valence-electron chi connectivity index (χ0n) is 16.4. The summed E-state index contributed by atoms with van der Waals surface area (Å²) in [5.74, 6) is -0.742. The summed E-state index contributed by atoms with van der Waals surface area (Å²) in [6.45, 7) is 3.38. The molecule has 1 fully saturated rings. The number of pyridine rings is 1. The predicted molar refractivity (Wildman–Crippen MR) is 105 cm³/mol. The van der Waals surface area contributed by atoms with Crippen LogP contribution in [0.2, 0.25) is 0 Å². The molecule has 0 saturated carbocycles. The molecule has 1 aliphatic rings. The largest absolute Gasteiger partial charge is 0.339 e. The number of halogens is 1. The van der Waals surface area contributed by atoms with Crippen LogP contribution in [0.4, 0.5) is 4.39 Å². The third kappa shape index (κ3) is 4.59. The quantitative estimate of drug-likeness (QED) is 0.643. The average Bonchev–Trinajstić information content (AvgIpc) is 3.29. The van der Waals surface area contributed by atoms with E-state index in [9.17, 15) is 12.8 Å². The molecule has 1 aliphatic heterocycles. The number of aromatic nitrogens is 3. The van der Waals surface area contributed by atoms with Crippen molar-refractivity contribution in [3.63, 3.8) is 0 Å². The van der Waals surface area contributed by atoms with Gasteiger partial charge in [0.2, 0.25) is 0 Å². The standard InChI is InChI=1S/C19H28FN5O2S/c1-3-4-5-6-9-21-17-12-25(28(26,27)18-13-24(2)14-23-18)11-15(17)19-16(20)8-7-10-22-19/h7-8,10,13-15,17,21H,3-6,9,11-12H2,1-2H3/t15-,17-/m1/s1. The minimum absolute atomic E-state index is 0.0128. The molecule has 2 aromatic heterocycles. The number of nitrogens with zero attached hydrogens (tertiary/aromatic N) is 4. The zero-order chi connectivity index (χ0) is 20.1. The number of aryl methyl sites for hydroxylation is 1. The maximum atomic E-state index is 14.4. The molecular weight excluding hydrogens is 381 g/mol. The number of sulfonamides is 1. The molecule has 1 saturated heterocycles. The second-order valence-electron chi connectivity index (χ2n) is 7.30. The summed E-state index contributed by atoms with van der Waals surface area (Å²) in [6.07, 6.45) is 8.95. The summed E-state index contributed by atoms with van der Waals surface area (Å²) in [6, 6.07) is 2.73. The summed E-state index contributed by atoms with van der Waals surface area (Å²) < 4.78 is 43.3. The van der Waals surface area contributed by atoms with E-state index in [-0.39, 0.29) is 30.1 Å². The van der Waals surface area contributed by atoms with Crippen molar-refractivity contribution in [2.75, 3.05) is 19.6 Å². The monoisotopic (exact) mass is 409 g/mol. The minimum Gasteiger partial charge on any atom is -0.339 e. The number of rotatable bonds is 9. The van der Waals surface area contributed by atoms with Crippen molar-refractivity contribution in [2.24, 2.45) is 7.05 Å². The molecule has 3 rings (SSSR count). The lowest BCUT2D eigenvalue weighted by Gasteiger charge is -2.19. The second-order valence-corrected chi connectivity index (χ2v) is 9.18. The first-order chi connectivity index (χ1) is 13.4. The highest BCUT2D eigenvalue weighted by molar-refractivity contribution is 7.89. The fourth-order valence-electron chi connectivity index (χ4n) is 3.61. The summed E-state index contributed by atoms with van der Waals surface area (Å²) >= 11 is 0. The molecule has 0 unspecified atom stereocenters. The van der Waals surface area contributed by atoms with Crippen molar-refractivity contribution in [3.8, 4) is 0 Å². The minimum atomic E-state index is -3.73. The van der Waals surface area contributed by atoms with Gasteiger partial charge in [-0.05, 0) is 25.1 Å². The van der Waals surface area contributed by atoms with E-state index in [0.717, 1.165) is 25.8 Å². The Hall–Kier alpha value is -1.84. The predicted octanol–water partition coefficient (Wildman–Crippen LogP) is 2.28. The Morgan fingerprint density at radius 2 is 2.07 bits per heavy atom. The Morgan fingerprint density at radius 3 is 2.75 bits per heavy atom. The number of hydrogen-bond donors (Lipinski definition) is 1. The lowest BCUT2D eigenvalue weighted by atomic mass is 9.98. The van der Waals surface area contributed by atoms with Gasteiger partial charge < -0.3 is 9.88 Å². The third-order valence-electron chi connectivity index (χ3n) is 5.15. The fourth-order valence-corrected chi connectivity index (χ4v) is 5.07. The molecule has 7 nitrogen and oxygen atoms in total. The molecule has 154 valence electrons. The maximum absolute atomic E-state index is 14.4. The molecule has 0 aliphatic carbocycles. The number of hydrogen-bond acceptors (Lipinski definition) is 5. The molecule has 28 heavy (non-hydrogen) atoms. The van der Waals surface area contributed by atoms with Crippen LogP contribution in [0.1, 0.15) is 44.2 Å². The van der Waals surface area contributed by atoms with Crippen molar-refractivity contribution in [1.82, 2.24) is 24.2 Å². The Labute approximate surface area is 166 Å². The van der Waals surface area contributed by atoms with Crippen molar-refractivity contribution >= 4 is 10.0 Å². The van der Waals surface area contributed by atoms with Gasteiger partial charge in [-0.25, -0.2) is 17.8 Å². The van der Waals surface area contributed by atoms with Crippen LogP contribution in [-0.4, -0.2) is 52.9 Å². The van der Waals surface area contributed by atoms with Crippen molar-refractivity contribution in [2.45, 2.75) is 49.6 Å². The van der Waals surface area contributed by atoms with Crippen LogP contribution in [0, 0.1) is 5.82 Å². The SMILES string of the molecule is CCCCCCN[C@@H]1CN(S(=O)(=O)c2cn(C)cn2)C[C@H]1c1ncccc1F. The van der Waals surface area contributed by atoms with Gasteiger partial charge >= 0.3 is 0 Å². The summed E-state index contributed by atoms with van der Waals surface area (Å²) in [7, 11) is -2.01. The molecule has 1 N–H and O–H groups in total. The van der Waals surface area contributed by atoms with E-state index in [1.807, 2.05) is 0 Å². The average molecular weight is 410 g/mol. The zero-order valence-corrected chi connectivity index (χ0v) is 17.2. The molecule has 0 amide bonds. The molecule has 2 atom stereocenters. The van der Waals surface area contributed by atoms with Gasteiger partial charge in [0, 0.05) is 44.5 Å². The molecule has 0 spiro atoms. The molecule has 0 aromatic carbocycles. The lowest BCUT2D eigenvalue weighted by Crippen LogP contribution is -2.37. The highest BCUT2D eigenvalue weighted by Crippen LogP contribution is 2.31. The topological polar surface area (TPSA) is 80.1 Å². The van der Waals surface area contributed by atoms with Gasteiger partial charge in [0.05, 0.1) is 12.0 Å². The van der Waals surface area contributed by atoms with Gasteiger partial charge in [-0.15, -0.1) is 0 Å². The van der Waals surface area contributed by atoms with Crippen molar-refractivity contribution < 1.29 is 12.8 Å². The first-order valence-electron chi connectivity index (χ1n) is 9.75.